The number of carbonyl (C=O) groups is 1. The molecule has 0 bridgehead atoms. The quantitative estimate of drug-likeness (QED) is 0.760. The van der Waals surface area contributed by atoms with Gasteiger partial charge in [0.15, 0.2) is 0 Å². The van der Waals surface area contributed by atoms with Gasteiger partial charge < -0.3 is 19.8 Å². The van der Waals surface area contributed by atoms with Crippen LogP contribution in [-0.4, -0.2) is 53.9 Å². The van der Waals surface area contributed by atoms with Gasteiger partial charge in [-0.05, 0) is 27.9 Å². The summed E-state index contributed by atoms with van der Waals surface area (Å²) in [6.07, 6.45) is 1.48. The maximum Gasteiger partial charge on any atom is 0.290 e. The second-order valence-corrected chi connectivity index (χ2v) is 4.76. The SMILES string of the molecule is Cc1cnoc1C(=O)NCC(C)(O)CN(C)C. The fourth-order valence-corrected chi connectivity index (χ4v) is 1.60. The molecular formula is C11H19N3O3. The van der Waals surface area contributed by atoms with E-state index in [0.717, 1.165) is 0 Å². The Labute approximate surface area is 101 Å². The molecule has 0 saturated carbocycles. The summed E-state index contributed by atoms with van der Waals surface area (Å²) in [6, 6.07) is 0. The molecular weight excluding hydrogens is 222 g/mol. The third-order valence-electron chi connectivity index (χ3n) is 2.24. The van der Waals surface area contributed by atoms with E-state index in [0.29, 0.717) is 12.1 Å². The van der Waals surface area contributed by atoms with Crippen molar-refractivity contribution in [1.82, 2.24) is 15.4 Å². The molecule has 1 atom stereocenters. The van der Waals surface area contributed by atoms with Crippen molar-refractivity contribution in [3.8, 4) is 0 Å². The number of nitrogens with zero attached hydrogens (tertiary/aromatic N) is 2. The zero-order valence-corrected chi connectivity index (χ0v) is 10.6. The minimum atomic E-state index is -0.979. The van der Waals surface area contributed by atoms with Gasteiger partial charge in [-0.1, -0.05) is 5.16 Å². The summed E-state index contributed by atoms with van der Waals surface area (Å²) in [4.78, 5) is 13.5. The van der Waals surface area contributed by atoms with Crippen molar-refractivity contribution in [2.75, 3.05) is 27.2 Å². The highest BCUT2D eigenvalue weighted by atomic mass is 16.5. The van der Waals surface area contributed by atoms with E-state index in [2.05, 4.69) is 10.5 Å². The number of nitrogens with one attached hydrogen (secondary N) is 1. The van der Waals surface area contributed by atoms with Gasteiger partial charge in [0.25, 0.3) is 5.91 Å². The van der Waals surface area contributed by atoms with Crippen LogP contribution in [0.15, 0.2) is 10.7 Å². The lowest BCUT2D eigenvalue weighted by Crippen LogP contribution is -2.47. The van der Waals surface area contributed by atoms with E-state index < -0.39 is 5.60 Å². The van der Waals surface area contributed by atoms with E-state index in [1.165, 1.54) is 6.20 Å². The number of hydrogen-bond donors (Lipinski definition) is 2. The number of likely N-dealkylation sites (N-methyl/N-ethyl adjacent to an activating group) is 1. The van der Waals surface area contributed by atoms with E-state index in [1.807, 2.05) is 19.0 Å². The highest BCUT2D eigenvalue weighted by Crippen LogP contribution is 2.07. The fraction of sp³-hybridized carbons (Fsp3) is 0.636. The van der Waals surface area contributed by atoms with Gasteiger partial charge in [-0.15, -0.1) is 0 Å². The average molecular weight is 241 g/mol. The van der Waals surface area contributed by atoms with Crippen molar-refractivity contribution in [3.05, 3.63) is 17.5 Å². The largest absolute Gasteiger partial charge is 0.387 e. The summed E-state index contributed by atoms with van der Waals surface area (Å²) >= 11 is 0. The fourth-order valence-electron chi connectivity index (χ4n) is 1.60. The zero-order chi connectivity index (χ0) is 13.1. The molecule has 17 heavy (non-hydrogen) atoms. The average Bonchev–Trinajstić information content (AvgIpc) is 2.59. The van der Waals surface area contributed by atoms with Gasteiger partial charge in [0.05, 0.1) is 11.8 Å². The van der Waals surface area contributed by atoms with Gasteiger partial charge in [0.1, 0.15) is 0 Å². The number of rotatable bonds is 5. The summed E-state index contributed by atoms with van der Waals surface area (Å²) in [5, 5.41) is 16.1. The predicted molar refractivity (Wildman–Crippen MR) is 62.8 cm³/mol. The molecule has 1 aromatic rings. The van der Waals surface area contributed by atoms with Gasteiger partial charge in [0.2, 0.25) is 5.76 Å². The van der Waals surface area contributed by atoms with Crippen molar-refractivity contribution in [2.24, 2.45) is 0 Å². The van der Waals surface area contributed by atoms with E-state index in [4.69, 9.17) is 4.52 Å². The molecule has 1 heterocycles. The summed E-state index contributed by atoms with van der Waals surface area (Å²) in [6.45, 7) is 4.02. The van der Waals surface area contributed by atoms with E-state index in [9.17, 15) is 9.90 Å². The molecule has 6 nitrogen and oxygen atoms in total. The molecule has 1 aromatic heterocycles. The van der Waals surface area contributed by atoms with Crippen molar-refractivity contribution in [2.45, 2.75) is 19.4 Å². The van der Waals surface area contributed by atoms with Gasteiger partial charge in [-0.2, -0.15) is 0 Å². The topological polar surface area (TPSA) is 78.6 Å². The summed E-state index contributed by atoms with van der Waals surface area (Å²) in [5.74, 6) is -0.176. The molecule has 1 unspecified atom stereocenters. The highest BCUT2D eigenvalue weighted by Gasteiger charge is 2.23. The predicted octanol–water partition coefficient (Wildman–Crippen LogP) is 0.0254. The Balaban J connectivity index is 2.51. The third kappa shape index (κ3) is 4.16. The molecule has 0 aliphatic carbocycles. The summed E-state index contributed by atoms with van der Waals surface area (Å²) in [7, 11) is 3.72. The molecule has 0 spiro atoms. The molecule has 0 fully saturated rings. The molecule has 6 heteroatoms. The van der Waals surface area contributed by atoms with Crippen LogP contribution >= 0.6 is 0 Å². The number of amides is 1. The van der Waals surface area contributed by atoms with E-state index in [-0.39, 0.29) is 18.2 Å². The first-order valence-electron chi connectivity index (χ1n) is 5.38. The Hall–Kier alpha value is -1.40. The Morgan fingerprint density at radius 2 is 2.29 bits per heavy atom. The van der Waals surface area contributed by atoms with Gasteiger partial charge in [-0.3, -0.25) is 4.79 Å². The standard InChI is InChI=1S/C11H19N3O3/c1-8-5-13-17-9(8)10(15)12-6-11(2,16)7-14(3)4/h5,16H,6-7H2,1-4H3,(H,12,15). The lowest BCUT2D eigenvalue weighted by molar-refractivity contribution is 0.0320. The first-order valence-corrected chi connectivity index (χ1v) is 5.38. The molecule has 0 aliphatic heterocycles. The Bertz CT molecular complexity index is 385. The molecule has 0 saturated heterocycles. The molecule has 1 rings (SSSR count). The van der Waals surface area contributed by atoms with Gasteiger partial charge in [0, 0.05) is 18.7 Å². The smallest absolute Gasteiger partial charge is 0.290 e. The van der Waals surface area contributed by atoms with Gasteiger partial charge >= 0.3 is 0 Å². The van der Waals surface area contributed by atoms with Crippen molar-refractivity contribution in [1.29, 1.82) is 0 Å². The normalized spacial score (nSPS) is 14.7. The number of carbonyl (C=O) groups excluding carboxylic acids is 1. The van der Waals surface area contributed by atoms with Crippen LogP contribution in [-0.2, 0) is 0 Å². The van der Waals surface area contributed by atoms with E-state index in [1.54, 1.807) is 13.8 Å². The van der Waals surface area contributed by atoms with Crippen LogP contribution in [0, 0.1) is 6.92 Å². The lowest BCUT2D eigenvalue weighted by atomic mass is 10.1. The molecule has 0 radical (unpaired) electrons. The zero-order valence-electron chi connectivity index (χ0n) is 10.6. The number of aromatic nitrogens is 1. The maximum absolute atomic E-state index is 11.7. The maximum atomic E-state index is 11.7. The molecule has 0 aliphatic rings. The monoisotopic (exact) mass is 241 g/mol. The van der Waals surface area contributed by atoms with E-state index >= 15 is 0 Å². The van der Waals surface area contributed by atoms with Crippen molar-refractivity contribution < 1.29 is 14.4 Å². The second-order valence-electron chi connectivity index (χ2n) is 4.76. The van der Waals surface area contributed by atoms with Crippen LogP contribution in [0.4, 0.5) is 0 Å². The van der Waals surface area contributed by atoms with Gasteiger partial charge in [-0.25, -0.2) is 0 Å². The Morgan fingerprint density at radius 1 is 1.65 bits per heavy atom. The van der Waals surface area contributed by atoms with Crippen LogP contribution < -0.4 is 5.32 Å². The molecule has 96 valence electrons. The van der Waals surface area contributed by atoms with Crippen molar-refractivity contribution in [3.63, 3.8) is 0 Å². The molecule has 2 N–H and O–H groups in total. The first kappa shape index (κ1) is 13.7. The first-order chi connectivity index (χ1) is 7.82. The lowest BCUT2D eigenvalue weighted by Gasteiger charge is -2.26. The Kier molecular flexibility index (Phi) is 4.25. The third-order valence-corrected chi connectivity index (χ3v) is 2.24. The van der Waals surface area contributed by atoms with Crippen LogP contribution in [0.3, 0.4) is 0 Å². The van der Waals surface area contributed by atoms with Crippen LogP contribution in [0.1, 0.15) is 23.0 Å². The number of aryl methyl sites for hydroxylation is 1. The Morgan fingerprint density at radius 3 is 2.76 bits per heavy atom. The molecule has 0 aromatic carbocycles. The molecule has 1 amide bonds. The van der Waals surface area contributed by atoms with Crippen molar-refractivity contribution >= 4 is 5.91 Å². The summed E-state index contributed by atoms with van der Waals surface area (Å²) < 4.78 is 4.82. The summed E-state index contributed by atoms with van der Waals surface area (Å²) in [5.41, 5.74) is -0.303. The van der Waals surface area contributed by atoms with Crippen LogP contribution in [0.5, 0.6) is 0 Å². The van der Waals surface area contributed by atoms with Crippen LogP contribution in [0.25, 0.3) is 0 Å². The second kappa shape index (κ2) is 5.29. The minimum absolute atomic E-state index is 0.157. The minimum Gasteiger partial charge on any atom is -0.387 e. The van der Waals surface area contributed by atoms with Crippen LogP contribution in [0.2, 0.25) is 0 Å². The highest BCUT2D eigenvalue weighted by molar-refractivity contribution is 5.92. The number of hydrogen-bond acceptors (Lipinski definition) is 5. The number of aliphatic hydroxyl groups is 1.